The molecular weight excluding hydrogens is 204 g/mol. The third-order valence-electron chi connectivity index (χ3n) is 1.87. The van der Waals surface area contributed by atoms with Gasteiger partial charge in [-0.15, -0.1) is 0 Å². The molecular formula is C13H16O3. The van der Waals surface area contributed by atoms with Gasteiger partial charge in [0.05, 0.1) is 0 Å². The largest absolute Gasteiger partial charge is 0.462 e. The van der Waals surface area contributed by atoms with Crippen LogP contribution in [0.1, 0.15) is 24.9 Å². The van der Waals surface area contributed by atoms with Gasteiger partial charge >= 0.3 is 5.97 Å². The zero-order valence-electron chi connectivity index (χ0n) is 9.60. The molecule has 86 valence electrons. The molecule has 3 nitrogen and oxygen atoms in total. The molecule has 0 unspecified atom stereocenters. The van der Waals surface area contributed by atoms with Gasteiger partial charge in [0.15, 0.2) is 0 Å². The molecule has 0 aliphatic rings. The Balaban J connectivity index is 2.34. The highest BCUT2D eigenvalue weighted by Crippen LogP contribution is 2.07. The molecule has 1 rings (SSSR count). The molecule has 0 spiro atoms. The van der Waals surface area contributed by atoms with Gasteiger partial charge in [-0.25, -0.2) is 4.79 Å². The van der Waals surface area contributed by atoms with Crippen LogP contribution in [-0.2, 0) is 9.53 Å². The number of ether oxygens (including phenoxy) is 1. The molecule has 0 N–H and O–H groups in total. The first-order valence-electron chi connectivity index (χ1n) is 5.28. The highest BCUT2D eigenvalue weighted by atomic mass is 16.5. The van der Waals surface area contributed by atoms with Gasteiger partial charge in [0.25, 0.3) is 0 Å². The summed E-state index contributed by atoms with van der Waals surface area (Å²) in [7, 11) is 0. The Labute approximate surface area is 95.4 Å². The predicted octanol–water partition coefficient (Wildman–Crippen LogP) is 3.11. The molecule has 16 heavy (non-hydrogen) atoms. The van der Waals surface area contributed by atoms with Crippen molar-refractivity contribution in [2.45, 2.75) is 20.3 Å². The average Bonchev–Trinajstić information content (AvgIpc) is 2.68. The van der Waals surface area contributed by atoms with Crippen molar-refractivity contribution in [3.05, 3.63) is 41.9 Å². The van der Waals surface area contributed by atoms with Crippen LogP contribution >= 0.6 is 0 Å². The van der Waals surface area contributed by atoms with Crippen LogP contribution in [0.5, 0.6) is 0 Å². The fourth-order valence-corrected chi connectivity index (χ4v) is 1.11. The van der Waals surface area contributed by atoms with Crippen LogP contribution in [-0.4, -0.2) is 12.6 Å². The number of rotatable bonds is 5. The minimum Gasteiger partial charge on any atom is -0.462 e. The topological polar surface area (TPSA) is 39.4 Å². The molecule has 0 radical (unpaired) electrons. The molecule has 1 aromatic heterocycles. The Morgan fingerprint density at radius 3 is 2.88 bits per heavy atom. The minimum absolute atomic E-state index is 0.314. The fourth-order valence-electron chi connectivity index (χ4n) is 1.11. The van der Waals surface area contributed by atoms with Crippen LogP contribution in [0.2, 0.25) is 0 Å². The summed E-state index contributed by atoms with van der Waals surface area (Å²) in [6.45, 7) is 4.19. The highest BCUT2D eigenvalue weighted by Gasteiger charge is 1.96. The van der Waals surface area contributed by atoms with Crippen molar-refractivity contribution in [1.29, 1.82) is 0 Å². The molecule has 0 aromatic carbocycles. The predicted molar refractivity (Wildman–Crippen MR) is 62.9 cm³/mol. The maximum atomic E-state index is 11.2. The van der Waals surface area contributed by atoms with Crippen molar-refractivity contribution in [2.24, 2.45) is 0 Å². The normalized spacial score (nSPS) is 11.4. The lowest BCUT2D eigenvalue weighted by atomic mass is 10.4. The monoisotopic (exact) mass is 220 g/mol. The molecule has 0 bridgehead atoms. The van der Waals surface area contributed by atoms with Crippen LogP contribution in [0.4, 0.5) is 0 Å². The van der Waals surface area contributed by atoms with Crippen LogP contribution in [0.15, 0.2) is 34.8 Å². The molecule has 0 saturated heterocycles. The van der Waals surface area contributed by atoms with Crippen molar-refractivity contribution in [2.75, 3.05) is 6.61 Å². The van der Waals surface area contributed by atoms with E-state index in [4.69, 9.17) is 9.15 Å². The molecule has 0 atom stereocenters. The van der Waals surface area contributed by atoms with E-state index in [1.54, 1.807) is 12.1 Å². The Morgan fingerprint density at radius 1 is 1.44 bits per heavy atom. The quantitative estimate of drug-likeness (QED) is 0.435. The van der Waals surface area contributed by atoms with E-state index in [-0.39, 0.29) is 5.97 Å². The first-order valence-corrected chi connectivity index (χ1v) is 5.28. The standard InChI is InChI=1S/C13H16O3/c1-3-4-5-10-15-13(14)9-8-12-7-6-11(2)16-12/h4-9H,3,10H2,1-2H3. The number of hydrogen-bond donors (Lipinski definition) is 0. The summed E-state index contributed by atoms with van der Waals surface area (Å²) in [4.78, 5) is 11.2. The number of furan rings is 1. The number of allylic oxidation sites excluding steroid dienone is 1. The minimum atomic E-state index is -0.366. The number of aryl methyl sites for hydroxylation is 1. The van der Waals surface area contributed by atoms with Crippen molar-refractivity contribution >= 4 is 12.0 Å². The number of carbonyl (C=O) groups is 1. The lowest BCUT2D eigenvalue weighted by molar-refractivity contribution is -0.136. The zero-order valence-corrected chi connectivity index (χ0v) is 9.60. The molecule has 1 heterocycles. The smallest absolute Gasteiger partial charge is 0.331 e. The molecule has 0 fully saturated rings. The van der Waals surface area contributed by atoms with Crippen molar-refractivity contribution in [3.63, 3.8) is 0 Å². The third-order valence-corrected chi connectivity index (χ3v) is 1.87. The summed E-state index contributed by atoms with van der Waals surface area (Å²) >= 11 is 0. The highest BCUT2D eigenvalue weighted by molar-refractivity contribution is 5.86. The summed E-state index contributed by atoms with van der Waals surface area (Å²) in [5.41, 5.74) is 0. The Morgan fingerprint density at radius 2 is 2.25 bits per heavy atom. The van der Waals surface area contributed by atoms with Crippen molar-refractivity contribution < 1.29 is 13.9 Å². The van der Waals surface area contributed by atoms with Gasteiger partial charge in [0.2, 0.25) is 0 Å². The molecule has 0 aliphatic carbocycles. The van der Waals surface area contributed by atoms with Crippen LogP contribution in [0.3, 0.4) is 0 Å². The molecule has 0 saturated carbocycles. The summed E-state index contributed by atoms with van der Waals surface area (Å²) < 4.78 is 10.2. The fraction of sp³-hybridized carbons (Fsp3) is 0.308. The third kappa shape index (κ3) is 4.64. The second kappa shape index (κ2) is 6.67. The summed E-state index contributed by atoms with van der Waals surface area (Å²) in [6.07, 6.45) is 7.67. The number of hydrogen-bond acceptors (Lipinski definition) is 3. The van der Waals surface area contributed by atoms with E-state index in [2.05, 4.69) is 0 Å². The van der Waals surface area contributed by atoms with E-state index in [0.717, 1.165) is 12.2 Å². The summed E-state index contributed by atoms with van der Waals surface area (Å²) in [5.74, 6) is 1.10. The number of carbonyl (C=O) groups excluding carboxylic acids is 1. The Hall–Kier alpha value is -1.77. The van der Waals surface area contributed by atoms with Crippen LogP contribution < -0.4 is 0 Å². The van der Waals surface area contributed by atoms with Gasteiger partial charge in [-0.3, -0.25) is 0 Å². The van der Waals surface area contributed by atoms with E-state index in [9.17, 15) is 4.79 Å². The molecule has 0 aliphatic heterocycles. The van der Waals surface area contributed by atoms with Crippen molar-refractivity contribution in [1.82, 2.24) is 0 Å². The van der Waals surface area contributed by atoms with Gasteiger partial charge in [-0.05, 0) is 31.6 Å². The van der Waals surface area contributed by atoms with Gasteiger partial charge in [-0.2, -0.15) is 0 Å². The van der Waals surface area contributed by atoms with Gasteiger partial charge < -0.3 is 9.15 Å². The van der Waals surface area contributed by atoms with Gasteiger partial charge in [0.1, 0.15) is 18.1 Å². The summed E-state index contributed by atoms with van der Waals surface area (Å²) in [6, 6.07) is 3.64. The lowest BCUT2D eigenvalue weighted by Crippen LogP contribution is -1.99. The molecule has 0 amide bonds. The van der Waals surface area contributed by atoms with Crippen LogP contribution in [0, 0.1) is 6.92 Å². The van der Waals surface area contributed by atoms with Gasteiger partial charge in [0, 0.05) is 6.08 Å². The SMILES string of the molecule is CCC=CCOC(=O)C=Cc1ccc(C)o1. The van der Waals surface area contributed by atoms with Crippen molar-refractivity contribution in [3.8, 4) is 0 Å². The Bertz CT molecular complexity index is 386. The van der Waals surface area contributed by atoms with E-state index < -0.39 is 0 Å². The summed E-state index contributed by atoms with van der Waals surface area (Å²) in [5, 5.41) is 0. The van der Waals surface area contributed by atoms with E-state index in [1.165, 1.54) is 6.08 Å². The maximum absolute atomic E-state index is 11.2. The van der Waals surface area contributed by atoms with Gasteiger partial charge in [-0.1, -0.05) is 19.1 Å². The molecule has 3 heteroatoms. The average molecular weight is 220 g/mol. The number of esters is 1. The maximum Gasteiger partial charge on any atom is 0.331 e. The second-order valence-corrected chi connectivity index (χ2v) is 3.29. The first-order chi connectivity index (χ1) is 7.72. The zero-order chi connectivity index (χ0) is 11.8. The van der Waals surface area contributed by atoms with E-state index in [1.807, 2.05) is 32.1 Å². The van der Waals surface area contributed by atoms with E-state index >= 15 is 0 Å². The molecule has 1 aromatic rings. The second-order valence-electron chi connectivity index (χ2n) is 3.29. The first kappa shape index (κ1) is 12.3. The van der Waals surface area contributed by atoms with Crippen LogP contribution in [0.25, 0.3) is 6.08 Å². The van der Waals surface area contributed by atoms with E-state index in [0.29, 0.717) is 12.4 Å². The lowest BCUT2D eigenvalue weighted by Gasteiger charge is -1.95. The Kier molecular flexibility index (Phi) is 5.12.